The molecule has 110 valence electrons. The van der Waals surface area contributed by atoms with Gasteiger partial charge in [0.15, 0.2) is 0 Å². The molecule has 1 heterocycles. The molecule has 1 unspecified atom stereocenters. The monoisotopic (exact) mass is 274 g/mol. The quantitative estimate of drug-likeness (QED) is 0.855. The van der Waals surface area contributed by atoms with Gasteiger partial charge in [0.05, 0.1) is 12.8 Å². The van der Waals surface area contributed by atoms with Gasteiger partial charge in [-0.1, -0.05) is 18.9 Å². The maximum atomic E-state index is 6.02. The second-order valence-corrected chi connectivity index (χ2v) is 6.30. The van der Waals surface area contributed by atoms with Crippen LogP contribution in [-0.4, -0.2) is 24.6 Å². The number of nitrogens with zero attached hydrogens (tertiary/aromatic N) is 1. The number of rotatable bonds is 4. The summed E-state index contributed by atoms with van der Waals surface area (Å²) in [6.45, 7) is 2.28. The lowest BCUT2D eigenvalue weighted by molar-refractivity contribution is 0.183. The van der Waals surface area contributed by atoms with Crippen LogP contribution in [0, 0.1) is 5.92 Å². The van der Waals surface area contributed by atoms with Crippen molar-refractivity contribution in [3.05, 3.63) is 23.8 Å². The van der Waals surface area contributed by atoms with Gasteiger partial charge >= 0.3 is 0 Å². The van der Waals surface area contributed by atoms with E-state index in [1.54, 1.807) is 7.11 Å². The minimum absolute atomic E-state index is 0.751. The van der Waals surface area contributed by atoms with Crippen molar-refractivity contribution in [1.29, 1.82) is 0 Å². The summed E-state index contributed by atoms with van der Waals surface area (Å²) in [4.78, 5) is 2.68. The molecule has 0 aromatic heterocycles. The van der Waals surface area contributed by atoms with Crippen molar-refractivity contribution in [2.24, 2.45) is 5.92 Å². The maximum Gasteiger partial charge on any atom is 0.141 e. The summed E-state index contributed by atoms with van der Waals surface area (Å²) in [6.07, 6.45) is 8.48. The number of likely N-dealkylation sites (tertiary alicyclic amines) is 1. The molecule has 1 aromatic rings. The van der Waals surface area contributed by atoms with Crippen LogP contribution in [0.25, 0.3) is 0 Å². The van der Waals surface area contributed by atoms with E-state index in [0.29, 0.717) is 0 Å². The number of benzene rings is 1. The molecule has 1 aliphatic heterocycles. The minimum atomic E-state index is 0.751. The van der Waals surface area contributed by atoms with Crippen molar-refractivity contribution >= 4 is 5.69 Å². The maximum absolute atomic E-state index is 6.02. The highest BCUT2D eigenvalue weighted by atomic mass is 16.5. The Kier molecular flexibility index (Phi) is 4.16. The van der Waals surface area contributed by atoms with Gasteiger partial charge in [0, 0.05) is 12.6 Å². The van der Waals surface area contributed by atoms with E-state index in [4.69, 9.17) is 10.5 Å². The second-order valence-electron chi connectivity index (χ2n) is 6.30. The zero-order valence-electron chi connectivity index (χ0n) is 12.5. The van der Waals surface area contributed by atoms with Crippen molar-refractivity contribution in [2.75, 3.05) is 19.4 Å². The van der Waals surface area contributed by atoms with E-state index in [0.717, 1.165) is 29.9 Å². The van der Waals surface area contributed by atoms with Crippen LogP contribution in [0.3, 0.4) is 0 Å². The topological polar surface area (TPSA) is 38.5 Å². The van der Waals surface area contributed by atoms with Crippen LogP contribution < -0.4 is 10.5 Å². The molecule has 3 heteroatoms. The predicted molar refractivity (Wildman–Crippen MR) is 82.8 cm³/mol. The Labute approximate surface area is 122 Å². The van der Waals surface area contributed by atoms with Crippen LogP contribution in [0.2, 0.25) is 0 Å². The summed E-state index contributed by atoms with van der Waals surface area (Å²) in [7, 11) is 1.67. The highest BCUT2D eigenvalue weighted by Crippen LogP contribution is 2.36. The van der Waals surface area contributed by atoms with Crippen LogP contribution in [0.5, 0.6) is 5.75 Å². The Morgan fingerprint density at radius 2 is 2.00 bits per heavy atom. The summed E-state index contributed by atoms with van der Waals surface area (Å²) in [5.41, 5.74) is 8.08. The molecule has 0 radical (unpaired) electrons. The zero-order chi connectivity index (χ0) is 13.9. The Morgan fingerprint density at radius 1 is 1.20 bits per heavy atom. The molecular formula is C17H26N2O. The molecule has 1 aliphatic carbocycles. The van der Waals surface area contributed by atoms with Crippen molar-refractivity contribution in [2.45, 2.75) is 51.1 Å². The lowest BCUT2D eigenvalue weighted by Gasteiger charge is -2.29. The van der Waals surface area contributed by atoms with E-state index >= 15 is 0 Å². The van der Waals surface area contributed by atoms with Crippen LogP contribution in [-0.2, 0) is 6.54 Å². The van der Waals surface area contributed by atoms with Crippen molar-refractivity contribution in [1.82, 2.24) is 4.90 Å². The summed E-state index contributed by atoms with van der Waals surface area (Å²) >= 11 is 0. The van der Waals surface area contributed by atoms with Gasteiger partial charge in [-0.25, -0.2) is 0 Å². The summed E-state index contributed by atoms with van der Waals surface area (Å²) in [5.74, 6) is 1.72. The van der Waals surface area contributed by atoms with Crippen LogP contribution in [0.1, 0.15) is 44.1 Å². The predicted octanol–water partition coefficient (Wildman–Crippen LogP) is 3.43. The molecule has 1 saturated heterocycles. The molecule has 1 aromatic carbocycles. The highest BCUT2D eigenvalue weighted by molar-refractivity contribution is 5.54. The van der Waals surface area contributed by atoms with E-state index in [1.807, 2.05) is 6.07 Å². The third kappa shape index (κ3) is 2.78. The highest BCUT2D eigenvalue weighted by Gasteiger charge is 2.33. The lowest BCUT2D eigenvalue weighted by atomic mass is 9.96. The molecule has 1 saturated carbocycles. The molecule has 3 nitrogen and oxygen atoms in total. The normalized spacial score (nSPS) is 24.4. The first-order valence-corrected chi connectivity index (χ1v) is 7.94. The fourth-order valence-corrected chi connectivity index (χ4v) is 4.04. The summed E-state index contributed by atoms with van der Waals surface area (Å²) < 4.78 is 5.23. The molecule has 2 aliphatic rings. The number of nitrogen functional groups attached to an aromatic ring is 1. The van der Waals surface area contributed by atoms with Crippen molar-refractivity contribution in [3.63, 3.8) is 0 Å². The van der Waals surface area contributed by atoms with Crippen molar-refractivity contribution in [3.8, 4) is 5.75 Å². The molecule has 2 fully saturated rings. The third-order valence-corrected chi connectivity index (χ3v) is 5.04. The molecule has 1 atom stereocenters. The number of hydrogen-bond donors (Lipinski definition) is 1. The second kappa shape index (κ2) is 6.04. The molecule has 0 amide bonds. The van der Waals surface area contributed by atoms with Gasteiger partial charge in [0.1, 0.15) is 5.75 Å². The number of hydrogen-bond acceptors (Lipinski definition) is 3. The average molecular weight is 274 g/mol. The first kappa shape index (κ1) is 13.7. The number of ether oxygens (including phenoxy) is 1. The van der Waals surface area contributed by atoms with Gasteiger partial charge in [-0.15, -0.1) is 0 Å². The minimum Gasteiger partial charge on any atom is -0.495 e. The fourth-order valence-electron chi connectivity index (χ4n) is 4.04. The first-order chi connectivity index (χ1) is 9.78. The van der Waals surface area contributed by atoms with Gasteiger partial charge in [0.2, 0.25) is 0 Å². The fraction of sp³-hybridized carbons (Fsp3) is 0.647. The average Bonchev–Trinajstić information content (AvgIpc) is 3.09. The molecule has 20 heavy (non-hydrogen) atoms. The van der Waals surface area contributed by atoms with Crippen LogP contribution in [0.4, 0.5) is 5.69 Å². The first-order valence-electron chi connectivity index (χ1n) is 7.94. The van der Waals surface area contributed by atoms with Crippen molar-refractivity contribution < 1.29 is 4.74 Å². The Balaban J connectivity index is 1.68. The number of methoxy groups -OCH3 is 1. The lowest BCUT2D eigenvalue weighted by Crippen LogP contribution is -2.34. The smallest absolute Gasteiger partial charge is 0.141 e. The Hall–Kier alpha value is -1.22. The van der Waals surface area contributed by atoms with Gasteiger partial charge in [-0.05, 0) is 55.8 Å². The molecular weight excluding hydrogens is 248 g/mol. The van der Waals surface area contributed by atoms with Gasteiger partial charge < -0.3 is 10.5 Å². The standard InChI is InChI=1S/C17H26N2O/c1-20-17-9-8-13(11-15(17)18)12-19-10-4-7-16(19)14-5-2-3-6-14/h8-9,11,14,16H,2-7,10,12,18H2,1H3. The number of anilines is 1. The van der Waals surface area contributed by atoms with Gasteiger partial charge in [-0.3, -0.25) is 4.90 Å². The molecule has 0 bridgehead atoms. The number of nitrogens with two attached hydrogens (primary N) is 1. The van der Waals surface area contributed by atoms with Crippen LogP contribution in [0.15, 0.2) is 18.2 Å². The Bertz CT molecular complexity index is 454. The molecule has 3 rings (SSSR count). The zero-order valence-corrected chi connectivity index (χ0v) is 12.5. The van der Waals surface area contributed by atoms with Crippen LogP contribution >= 0.6 is 0 Å². The summed E-state index contributed by atoms with van der Waals surface area (Å²) in [5, 5.41) is 0. The summed E-state index contributed by atoms with van der Waals surface area (Å²) in [6, 6.07) is 7.02. The van der Waals surface area contributed by atoms with E-state index in [-0.39, 0.29) is 0 Å². The third-order valence-electron chi connectivity index (χ3n) is 5.04. The van der Waals surface area contributed by atoms with E-state index in [1.165, 1.54) is 50.6 Å². The molecule has 2 N–H and O–H groups in total. The van der Waals surface area contributed by atoms with Gasteiger partial charge in [-0.2, -0.15) is 0 Å². The largest absolute Gasteiger partial charge is 0.495 e. The SMILES string of the molecule is COc1ccc(CN2CCCC2C2CCCC2)cc1N. The molecule has 0 spiro atoms. The van der Waals surface area contributed by atoms with E-state index in [2.05, 4.69) is 17.0 Å². The van der Waals surface area contributed by atoms with E-state index in [9.17, 15) is 0 Å². The Morgan fingerprint density at radius 3 is 2.70 bits per heavy atom. The van der Waals surface area contributed by atoms with E-state index < -0.39 is 0 Å². The van der Waals surface area contributed by atoms with Gasteiger partial charge in [0.25, 0.3) is 0 Å².